The van der Waals surface area contributed by atoms with Crippen molar-refractivity contribution in [3.05, 3.63) is 18.0 Å². The predicted octanol–water partition coefficient (Wildman–Crippen LogP) is 0.612. The maximum atomic E-state index is 11.9. The molecule has 2 N–H and O–H groups in total. The van der Waals surface area contributed by atoms with Crippen molar-refractivity contribution in [2.24, 2.45) is 5.92 Å². The SMILES string of the molecule is CC(C)C(=O)N1CCC(NCc2cnn(CCO)c2)CC1. The van der Waals surface area contributed by atoms with Gasteiger partial charge in [0.2, 0.25) is 5.91 Å². The predicted molar refractivity (Wildman–Crippen MR) is 80.6 cm³/mol. The van der Waals surface area contributed by atoms with Crippen molar-refractivity contribution in [1.29, 1.82) is 0 Å². The fourth-order valence-electron chi connectivity index (χ4n) is 2.65. The van der Waals surface area contributed by atoms with Gasteiger partial charge < -0.3 is 15.3 Å². The van der Waals surface area contributed by atoms with Crippen LogP contribution in [0.4, 0.5) is 0 Å². The molecule has 21 heavy (non-hydrogen) atoms. The number of carbonyl (C=O) groups is 1. The lowest BCUT2D eigenvalue weighted by molar-refractivity contribution is -0.135. The first-order valence-electron chi connectivity index (χ1n) is 7.74. The lowest BCUT2D eigenvalue weighted by Crippen LogP contribution is -2.45. The molecule has 0 spiro atoms. The summed E-state index contributed by atoms with van der Waals surface area (Å²) < 4.78 is 1.75. The minimum absolute atomic E-state index is 0.0897. The molecule has 118 valence electrons. The van der Waals surface area contributed by atoms with Crippen molar-refractivity contribution in [2.75, 3.05) is 19.7 Å². The first-order valence-corrected chi connectivity index (χ1v) is 7.74. The lowest BCUT2D eigenvalue weighted by atomic mass is 10.0. The lowest BCUT2D eigenvalue weighted by Gasteiger charge is -2.33. The van der Waals surface area contributed by atoms with Gasteiger partial charge in [-0.05, 0) is 12.8 Å². The second kappa shape index (κ2) is 7.56. The van der Waals surface area contributed by atoms with Gasteiger partial charge in [0.25, 0.3) is 0 Å². The summed E-state index contributed by atoms with van der Waals surface area (Å²) in [5.74, 6) is 0.352. The molecule has 1 fully saturated rings. The third kappa shape index (κ3) is 4.54. The van der Waals surface area contributed by atoms with E-state index >= 15 is 0 Å². The minimum Gasteiger partial charge on any atom is -0.394 e. The fourth-order valence-corrected chi connectivity index (χ4v) is 2.65. The van der Waals surface area contributed by atoms with E-state index in [2.05, 4.69) is 10.4 Å². The Kier molecular flexibility index (Phi) is 5.76. The van der Waals surface area contributed by atoms with E-state index in [1.165, 1.54) is 0 Å². The van der Waals surface area contributed by atoms with Gasteiger partial charge in [0.1, 0.15) is 0 Å². The second-order valence-electron chi connectivity index (χ2n) is 5.97. The van der Waals surface area contributed by atoms with Crippen LogP contribution in [0, 0.1) is 5.92 Å². The minimum atomic E-state index is 0.0897. The van der Waals surface area contributed by atoms with Crippen LogP contribution < -0.4 is 5.32 Å². The van der Waals surface area contributed by atoms with Crippen LogP contribution in [0.1, 0.15) is 32.3 Å². The summed E-state index contributed by atoms with van der Waals surface area (Å²) >= 11 is 0. The maximum absolute atomic E-state index is 11.9. The van der Waals surface area contributed by atoms with Gasteiger partial charge in [-0.1, -0.05) is 13.8 Å². The van der Waals surface area contributed by atoms with Crippen LogP contribution in [0.5, 0.6) is 0 Å². The molecule has 1 saturated heterocycles. The Hall–Kier alpha value is -1.40. The summed E-state index contributed by atoms with van der Waals surface area (Å²) in [6, 6.07) is 0.461. The molecule has 1 amide bonds. The van der Waals surface area contributed by atoms with Gasteiger partial charge in [-0.2, -0.15) is 5.10 Å². The molecule has 0 aliphatic carbocycles. The van der Waals surface area contributed by atoms with E-state index in [0.29, 0.717) is 12.6 Å². The van der Waals surface area contributed by atoms with E-state index in [1.54, 1.807) is 4.68 Å². The summed E-state index contributed by atoms with van der Waals surface area (Å²) in [6.45, 7) is 7.03. The smallest absolute Gasteiger partial charge is 0.225 e. The molecule has 0 unspecified atom stereocenters. The number of aromatic nitrogens is 2. The molecule has 6 nitrogen and oxygen atoms in total. The molecule has 1 aliphatic heterocycles. The zero-order valence-electron chi connectivity index (χ0n) is 13.0. The van der Waals surface area contributed by atoms with Crippen LogP contribution in [0.3, 0.4) is 0 Å². The summed E-state index contributed by atoms with van der Waals surface area (Å²) in [7, 11) is 0. The van der Waals surface area contributed by atoms with E-state index in [-0.39, 0.29) is 18.4 Å². The summed E-state index contributed by atoms with van der Waals surface area (Å²) in [4.78, 5) is 13.9. The second-order valence-corrected chi connectivity index (χ2v) is 5.97. The maximum Gasteiger partial charge on any atom is 0.225 e. The molecule has 0 radical (unpaired) electrons. The van der Waals surface area contributed by atoms with Crippen LogP contribution >= 0.6 is 0 Å². The number of hydrogen-bond acceptors (Lipinski definition) is 4. The van der Waals surface area contributed by atoms with Gasteiger partial charge in [-0.15, -0.1) is 0 Å². The number of aliphatic hydroxyl groups is 1. The molecular weight excluding hydrogens is 268 g/mol. The Morgan fingerprint density at radius 3 is 2.81 bits per heavy atom. The molecule has 0 saturated carbocycles. The number of hydrogen-bond donors (Lipinski definition) is 2. The number of rotatable bonds is 6. The van der Waals surface area contributed by atoms with E-state index in [4.69, 9.17) is 5.11 Å². The number of nitrogens with one attached hydrogen (secondary N) is 1. The van der Waals surface area contributed by atoms with Crippen molar-refractivity contribution in [1.82, 2.24) is 20.0 Å². The van der Waals surface area contributed by atoms with Crippen molar-refractivity contribution >= 4 is 5.91 Å². The Balaban J connectivity index is 1.72. The monoisotopic (exact) mass is 294 g/mol. The molecular formula is C15H26N4O2. The Bertz CT molecular complexity index is 450. The molecule has 6 heteroatoms. The van der Waals surface area contributed by atoms with E-state index in [1.807, 2.05) is 31.1 Å². The molecule has 2 rings (SSSR count). The highest BCUT2D eigenvalue weighted by Gasteiger charge is 2.23. The highest BCUT2D eigenvalue weighted by atomic mass is 16.3. The number of likely N-dealkylation sites (tertiary alicyclic amines) is 1. The van der Waals surface area contributed by atoms with Gasteiger partial charge in [-0.25, -0.2) is 0 Å². The van der Waals surface area contributed by atoms with Crippen molar-refractivity contribution < 1.29 is 9.90 Å². The van der Waals surface area contributed by atoms with Crippen LogP contribution in [0.2, 0.25) is 0 Å². The third-order valence-electron chi connectivity index (χ3n) is 3.91. The number of carbonyl (C=O) groups excluding carboxylic acids is 1. The highest BCUT2D eigenvalue weighted by Crippen LogP contribution is 2.13. The molecule has 1 aromatic heterocycles. The topological polar surface area (TPSA) is 70.4 Å². The quantitative estimate of drug-likeness (QED) is 0.806. The van der Waals surface area contributed by atoms with Crippen molar-refractivity contribution in [3.63, 3.8) is 0 Å². The number of nitrogens with zero attached hydrogens (tertiary/aromatic N) is 3. The summed E-state index contributed by atoms with van der Waals surface area (Å²) in [5.41, 5.74) is 1.13. The van der Waals surface area contributed by atoms with Gasteiger partial charge in [0.15, 0.2) is 0 Å². The highest BCUT2D eigenvalue weighted by molar-refractivity contribution is 5.78. The Morgan fingerprint density at radius 2 is 2.19 bits per heavy atom. The third-order valence-corrected chi connectivity index (χ3v) is 3.91. The molecule has 0 aromatic carbocycles. The van der Waals surface area contributed by atoms with Gasteiger partial charge in [-0.3, -0.25) is 9.48 Å². The van der Waals surface area contributed by atoms with E-state index in [9.17, 15) is 4.79 Å². The van der Waals surface area contributed by atoms with E-state index < -0.39 is 0 Å². The first-order chi connectivity index (χ1) is 10.1. The Labute approximate surface area is 126 Å². The van der Waals surface area contributed by atoms with Crippen molar-refractivity contribution in [3.8, 4) is 0 Å². The fraction of sp³-hybridized carbons (Fsp3) is 0.733. The largest absolute Gasteiger partial charge is 0.394 e. The van der Waals surface area contributed by atoms with Gasteiger partial charge in [0.05, 0.1) is 19.3 Å². The van der Waals surface area contributed by atoms with Crippen LogP contribution in [0.15, 0.2) is 12.4 Å². The first kappa shape index (κ1) is 16.0. The molecule has 0 atom stereocenters. The van der Waals surface area contributed by atoms with Crippen LogP contribution in [0.25, 0.3) is 0 Å². The summed E-state index contributed by atoms with van der Waals surface area (Å²) in [5, 5.41) is 16.6. The van der Waals surface area contributed by atoms with Gasteiger partial charge >= 0.3 is 0 Å². The standard InChI is InChI=1S/C15H26N4O2/c1-12(2)15(21)18-5-3-14(4-6-18)16-9-13-10-17-19(11-13)7-8-20/h10-12,14,16,20H,3-9H2,1-2H3. The Morgan fingerprint density at radius 1 is 1.48 bits per heavy atom. The summed E-state index contributed by atoms with van der Waals surface area (Å²) in [6.07, 6.45) is 5.80. The average Bonchev–Trinajstić information content (AvgIpc) is 2.93. The van der Waals surface area contributed by atoms with Crippen molar-refractivity contribution in [2.45, 2.75) is 45.8 Å². The van der Waals surface area contributed by atoms with E-state index in [0.717, 1.165) is 38.0 Å². The molecule has 2 heterocycles. The number of piperidine rings is 1. The molecule has 1 aromatic rings. The zero-order chi connectivity index (χ0) is 15.2. The van der Waals surface area contributed by atoms with Gasteiger partial charge in [0, 0.05) is 43.4 Å². The number of amides is 1. The van der Waals surface area contributed by atoms with Crippen LogP contribution in [-0.2, 0) is 17.9 Å². The normalized spacial score (nSPS) is 16.7. The average molecular weight is 294 g/mol. The zero-order valence-corrected chi connectivity index (χ0v) is 13.0. The molecule has 1 aliphatic rings. The molecule has 0 bridgehead atoms. The van der Waals surface area contributed by atoms with Crippen LogP contribution in [-0.4, -0.2) is 51.4 Å². The number of aliphatic hydroxyl groups excluding tert-OH is 1.